The summed E-state index contributed by atoms with van der Waals surface area (Å²) in [5.74, 6) is 0. The van der Waals surface area contributed by atoms with Crippen LogP contribution < -0.4 is 0 Å². The van der Waals surface area contributed by atoms with Gasteiger partial charge in [0.15, 0.2) is 0 Å². The second-order valence-electron chi connectivity index (χ2n) is 3.08. The van der Waals surface area contributed by atoms with Gasteiger partial charge < -0.3 is 0 Å². The maximum atomic E-state index is 12.8. The minimum absolute atomic E-state index is 0.676. The summed E-state index contributed by atoms with van der Waals surface area (Å²) < 4.78 is 67.5. The summed E-state index contributed by atoms with van der Waals surface area (Å²) in [6.07, 6.45) is -7.37. The van der Waals surface area contributed by atoms with E-state index in [2.05, 4.69) is 0 Å². The first-order chi connectivity index (χ1) is 5.82. The molecule has 1 rings (SSSR count). The van der Waals surface area contributed by atoms with E-state index in [0.717, 1.165) is 0 Å². The smallest absolute Gasteiger partial charge is 0.273 e. The number of rotatable bonds is 1. The van der Waals surface area contributed by atoms with Gasteiger partial charge in [0.2, 0.25) is 0 Å². The first-order valence-electron chi connectivity index (χ1n) is 3.71. The summed E-state index contributed by atoms with van der Waals surface area (Å²) in [5.41, 5.74) is 0. The Labute approximate surface area is 73.7 Å². The molecule has 0 radical (unpaired) electrons. The zero-order valence-corrected chi connectivity index (χ0v) is 7.35. The van der Waals surface area contributed by atoms with Crippen LogP contribution in [0.4, 0.5) is 13.2 Å². The molecule has 0 spiro atoms. The molecule has 0 aromatic carbocycles. The Balaban J connectivity index is 2.85. The highest BCUT2D eigenvalue weighted by Crippen LogP contribution is 2.30. The van der Waals surface area contributed by atoms with Crippen LogP contribution in [0.15, 0.2) is 0 Å². The zero-order valence-electron chi connectivity index (χ0n) is 6.53. The fraction of sp³-hybridized carbons (Fsp3) is 1.00. The number of hydrogen-bond acceptors (Lipinski definition) is 2. The van der Waals surface area contributed by atoms with E-state index in [0.29, 0.717) is 0 Å². The predicted octanol–water partition coefficient (Wildman–Crippen LogP) is 1.05. The van der Waals surface area contributed by atoms with Gasteiger partial charge in [-0.2, -0.15) is 8.42 Å². The first kappa shape index (κ1) is 10.8. The molecule has 13 heavy (non-hydrogen) atoms. The Bertz CT molecular complexity index is 267. The third-order valence-electron chi connectivity index (χ3n) is 2.02. The summed E-state index contributed by atoms with van der Waals surface area (Å²) in [7, 11) is -4.76. The summed E-state index contributed by atoms with van der Waals surface area (Å²) >= 11 is 0. The zero-order chi connectivity index (χ0) is 10.2. The summed E-state index contributed by atoms with van der Waals surface area (Å²) in [5, 5.41) is -2.13. The molecule has 1 aliphatic rings. The third-order valence-corrected chi connectivity index (χ3v) is 3.30. The minimum Gasteiger partial charge on any atom is -0.285 e. The molecule has 7 heteroatoms. The molecule has 78 valence electrons. The van der Waals surface area contributed by atoms with Crippen LogP contribution in [-0.4, -0.2) is 36.7 Å². The van der Waals surface area contributed by atoms with Crippen molar-refractivity contribution in [2.24, 2.45) is 0 Å². The van der Waals surface area contributed by atoms with Crippen LogP contribution in [0.25, 0.3) is 0 Å². The van der Waals surface area contributed by atoms with Crippen molar-refractivity contribution >= 4 is 10.1 Å². The Kier molecular flexibility index (Phi) is 2.86. The largest absolute Gasteiger partial charge is 0.285 e. The average Bonchev–Trinajstić information content (AvgIpc) is 1.78. The lowest BCUT2D eigenvalue weighted by atomic mass is 9.95. The Hall–Kier alpha value is -0.300. The lowest BCUT2D eigenvalue weighted by Crippen LogP contribution is -2.45. The Morgan fingerprint density at radius 1 is 1.08 bits per heavy atom. The van der Waals surface area contributed by atoms with E-state index in [9.17, 15) is 21.6 Å². The normalized spacial score (nSPS) is 41.8. The maximum Gasteiger partial charge on any atom is 0.273 e. The maximum absolute atomic E-state index is 12.8. The van der Waals surface area contributed by atoms with Gasteiger partial charge >= 0.3 is 0 Å². The molecule has 1 aliphatic carbocycles. The molecule has 1 saturated carbocycles. The molecule has 2 unspecified atom stereocenters. The van der Waals surface area contributed by atoms with Crippen LogP contribution >= 0.6 is 0 Å². The van der Waals surface area contributed by atoms with Gasteiger partial charge in [-0.15, -0.1) is 0 Å². The molecule has 0 aliphatic heterocycles. The predicted molar refractivity (Wildman–Crippen MR) is 39.3 cm³/mol. The van der Waals surface area contributed by atoms with Crippen molar-refractivity contribution < 1.29 is 26.1 Å². The third kappa shape index (κ3) is 2.34. The fourth-order valence-electron chi connectivity index (χ4n) is 1.45. The Morgan fingerprint density at radius 3 is 1.77 bits per heavy atom. The van der Waals surface area contributed by atoms with Crippen LogP contribution in [0.1, 0.15) is 12.8 Å². The molecule has 0 bridgehead atoms. The van der Waals surface area contributed by atoms with E-state index in [4.69, 9.17) is 4.55 Å². The minimum atomic E-state index is -4.76. The van der Waals surface area contributed by atoms with Crippen LogP contribution in [0.3, 0.4) is 0 Å². The summed E-state index contributed by atoms with van der Waals surface area (Å²) in [6, 6.07) is 0. The number of alkyl halides is 3. The second kappa shape index (κ2) is 3.45. The van der Waals surface area contributed by atoms with E-state index in [1.54, 1.807) is 0 Å². The van der Waals surface area contributed by atoms with Crippen molar-refractivity contribution in [1.29, 1.82) is 0 Å². The molecule has 1 N–H and O–H groups in total. The molecule has 0 saturated heterocycles. The van der Waals surface area contributed by atoms with Crippen molar-refractivity contribution in [2.45, 2.75) is 36.6 Å². The van der Waals surface area contributed by atoms with Crippen molar-refractivity contribution in [1.82, 2.24) is 0 Å². The van der Waals surface area contributed by atoms with Crippen molar-refractivity contribution in [2.75, 3.05) is 0 Å². The average molecular weight is 218 g/mol. The van der Waals surface area contributed by atoms with Crippen molar-refractivity contribution in [3.05, 3.63) is 0 Å². The highest BCUT2D eigenvalue weighted by Gasteiger charge is 2.46. The van der Waals surface area contributed by atoms with Crippen LogP contribution in [0.2, 0.25) is 0 Å². The van der Waals surface area contributed by atoms with Crippen molar-refractivity contribution in [3.8, 4) is 0 Å². The van der Waals surface area contributed by atoms with Crippen molar-refractivity contribution in [3.63, 3.8) is 0 Å². The molecule has 1 fully saturated rings. The lowest BCUT2D eigenvalue weighted by Gasteiger charge is -2.28. The van der Waals surface area contributed by atoms with E-state index in [-0.39, 0.29) is 0 Å². The van der Waals surface area contributed by atoms with Gasteiger partial charge in [0.1, 0.15) is 23.8 Å². The van der Waals surface area contributed by atoms with Gasteiger partial charge in [0.05, 0.1) is 0 Å². The van der Waals surface area contributed by atoms with Crippen LogP contribution in [-0.2, 0) is 10.1 Å². The highest BCUT2D eigenvalue weighted by molar-refractivity contribution is 7.86. The standard InChI is InChI=1S/C6H9F3O3S/c7-3-1-4(8)6(5(9)2-3)13(10,11)12/h3-6H,1-2H2,(H,10,11,12). The van der Waals surface area contributed by atoms with E-state index in [1.165, 1.54) is 0 Å². The summed E-state index contributed by atoms with van der Waals surface area (Å²) in [4.78, 5) is 0. The molecule has 2 atom stereocenters. The second-order valence-corrected chi connectivity index (χ2v) is 4.65. The molecular weight excluding hydrogens is 209 g/mol. The van der Waals surface area contributed by atoms with Gasteiger partial charge in [-0.05, 0) is 0 Å². The Morgan fingerprint density at radius 2 is 1.46 bits per heavy atom. The quantitative estimate of drug-likeness (QED) is 0.669. The molecule has 3 nitrogen and oxygen atoms in total. The van der Waals surface area contributed by atoms with E-state index >= 15 is 0 Å². The highest BCUT2D eigenvalue weighted by atomic mass is 32.2. The molecule has 0 heterocycles. The lowest BCUT2D eigenvalue weighted by molar-refractivity contribution is 0.0927. The number of halogens is 3. The number of hydrogen-bond donors (Lipinski definition) is 1. The van der Waals surface area contributed by atoms with Crippen LogP contribution in [0.5, 0.6) is 0 Å². The summed E-state index contributed by atoms with van der Waals surface area (Å²) in [6.45, 7) is 0. The van der Waals surface area contributed by atoms with E-state index < -0.39 is 46.7 Å². The van der Waals surface area contributed by atoms with Gasteiger partial charge in [-0.3, -0.25) is 4.55 Å². The first-order valence-corrected chi connectivity index (χ1v) is 5.21. The monoisotopic (exact) mass is 218 g/mol. The van der Waals surface area contributed by atoms with Gasteiger partial charge in [0.25, 0.3) is 10.1 Å². The van der Waals surface area contributed by atoms with Gasteiger partial charge in [-0.25, -0.2) is 13.2 Å². The molecular formula is C6H9F3O3S. The van der Waals surface area contributed by atoms with Gasteiger partial charge in [-0.1, -0.05) is 0 Å². The molecule has 0 aromatic rings. The fourth-order valence-corrected chi connectivity index (χ4v) is 2.42. The molecule has 0 aromatic heterocycles. The van der Waals surface area contributed by atoms with Gasteiger partial charge in [0, 0.05) is 12.8 Å². The SMILES string of the molecule is O=S(=O)(O)C1C(F)CC(F)CC1F. The molecule has 0 amide bonds. The van der Waals surface area contributed by atoms with E-state index in [1.807, 2.05) is 0 Å². The topological polar surface area (TPSA) is 54.4 Å². The van der Waals surface area contributed by atoms with Crippen LogP contribution in [0, 0.1) is 0 Å².